The minimum absolute atomic E-state index is 0.0301. The molecule has 0 atom stereocenters. The number of para-hydroxylation sites is 1. The second kappa shape index (κ2) is 9.69. The highest BCUT2D eigenvalue weighted by molar-refractivity contribution is 6.02. The number of benzene rings is 2. The van der Waals surface area contributed by atoms with Crippen LogP contribution in [0.3, 0.4) is 0 Å². The van der Waals surface area contributed by atoms with Crippen LogP contribution in [0, 0.1) is 0 Å². The van der Waals surface area contributed by atoms with Crippen LogP contribution in [0.1, 0.15) is 37.3 Å². The summed E-state index contributed by atoms with van der Waals surface area (Å²) in [4.78, 5) is 24.4. The number of nitrogens with zero attached hydrogens (tertiary/aromatic N) is 2. The average molecular weight is 380 g/mol. The first kappa shape index (κ1) is 19.6. The van der Waals surface area contributed by atoms with E-state index in [-0.39, 0.29) is 25.4 Å². The van der Waals surface area contributed by atoms with Gasteiger partial charge in [-0.15, -0.1) is 0 Å². The summed E-state index contributed by atoms with van der Waals surface area (Å²) in [6.07, 6.45) is 0.828. The van der Waals surface area contributed by atoms with E-state index >= 15 is 0 Å². The van der Waals surface area contributed by atoms with Crippen molar-refractivity contribution < 1.29 is 19.1 Å². The zero-order valence-electron chi connectivity index (χ0n) is 16.0. The Balaban J connectivity index is 1.46. The molecule has 6 heteroatoms. The molecule has 0 saturated heterocycles. The zero-order chi connectivity index (χ0) is 19.8. The third kappa shape index (κ3) is 5.19. The van der Waals surface area contributed by atoms with Crippen molar-refractivity contribution in [2.45, 2.75) is 32.8 Å². The maximum atomic E-state index is 12.3. The summed E-state index contributed by atoms with van der Waals surface area (Å²) in [6, 6.07) is 17.2. The Morgan fingerprint density at radius 3 is 2.57 bits per heavy atom. The van der Waals surface area contributed by atoms with E-state index in [1.54, 1.807) is 0 Å². The highest BCUT2D eigenvalue weighted by Crippen LogP contribution is 2.19. The first-order valence-corrected chi connectivity index (χ1v) is 9.47. The molecule has 3 rings (SSSR count). The SMILES string of the molecule is CCOc1ccccc1COC(=O)CCC(=O)N1CCC(c2ccccc2)=N1. The van der Waals surface area contributed by atoms with Gasteiger partial charge in [-0.1, -0.05) is 48.5 Å². The molecule has 146 valence electrons. The quantitative estimate of drug-likeness (QED) is 0.657. The number of carbonyl (C=O) groups is 2. The van der Waals surface area contributed by atoms with Crippen molar-refractivity contribution in [3.63, 3.8) is 0 Å². The monoisotopic (exact) mass is 380 g/mol. The Hall–Kier alpha value is -3.15. The lowest BCUT2D eigenvalue weighted by atomic mass is 10.1. The molecule has 28 heavy (non-hydrogen) atoms. The molecule has 0 bridgehead atoms. The van der Waals surface area contributed by atoms with Gasteiger partial charge in [0.1, 0.15) is 12.4 Å². The van der Waals surface area contributed by atoms with Gasteiger partial charge >= 0.3 is 5.97 Å². The maximum Gasteiger partial charge on any atom is 0.306 e. The van der Waals surface area contributed by atoms with Crippen LogP contribution in [0.15, 0.2) is 59.7 Å². The van der Waals surface area contributed by atoms with E-state index in [1.807, 2.05) is 61.5 Å². The van der Waals surface area contributed by atoms with Gasteiger partial charge in [-0.25, -0.2) is 5.01 Å². The first-order chi connectivity index (χ1) is 13.7. The molecule has 1 heterocycles. The van der Waals surface area contributed by atoms with E-state index in [0.717, 1.165) is 16.8 Å². The van der Waals surface area contributed by atoms with Crippen molar-refractivity contribution in [3.8, 4) is 5.75 Å². The van der Waals surface area contributed by atoms with Gasteiger partial charge in [-0.05, 0) is 18.6 Å². The smallest absolute Gasteiger partial charge is 0.306 e. The van der Waals surface area contributed by atoms with Gasteiger partial charge in [0.2, 0.25) is 5.91 Å². The first-order valence-electron chi connectivity index (χ1n) is 9.47. The van der Waals surface area contributed by atoms with Gasteiger partial charge in [0, 0.05) is 18.4 Å². The van der Waals surface area contributed by atoms with Crippen molar-refractivity contribution >= 4 is 17.6 Å². The third-order valence-corrected chi connectivity index (χ3v) is 4.40. The molecule has 1 aliphatic rings. The second-order valence-corrected chi connectivity index (χ2v) is 6.38. The largest absolute Gasteiger partial charge is 0.493 e. The summed E-state index contributed by atoms with van der Waals surface area (Å²) < 4.78 is 10.8. The molecule has 0 spiro atoms. The van der Waals surface area contributed by atoms with Crippen LogP contribution in [0.4, 0.5) is 0 Å². The van der Waals surface area contributed by atoms with Crippen molar-refractivity contribution in [1.82, 2.24) is 5.01 Å². The number of hydrogen-bond donors (Lipinski definition) is 0. The lowest BCUT2D eigenvalue weighted by Gasteiger charge is -2.12. The minimum Gasteiger partial charge on any atom is -0.493 e. The van der Waals surface area contributed by atoms with Crippen LogP contribution in [0.25, 0.3) is 0 Å². The van der Waals surface area contributed by atoms with E-state index in [9.17, 15) is 9.59 Å². The van der Waals surface area contributed by atoms with Gasteiger partial charge < -0.3 is 9.47 Å². The normalized spacial score (nSPS) is 13.2. The van der Waals surface area contributed by atoms with Gasteiger partial charge in [0.05, 0.1) is 25.3 Å². The van der Waals surface area contributed by atoms with Crippen molar-refractivity contribution in [2.75, 3.05) is 13.2 Å². The number of esters is 1. The molecule has 2 aromatic carbocycles. The van der Waals surface area contributed by atoms with E-state index in [2.05, 4.69) is 5.10 Å². The Bertz CT molecular complexity index is 849. The van der Waals surface area contributed by atoms with Crippen molar-refractivity contribution in [1.29, 1.82) is 0 Å². The maximum absolute atomic E-state index is 12.3. The molecule has 0 aliphatic carbocycles. The van der Waals surface area contributed by atoms with Gasteiger partial charge in [0.15, 0.2) is 0 Å². The number of hydrazone groups is 1. The average Bonchev–Trinajstić information content (AvgIpc) is 3.23. The fourth-order valence-electron chi connectivity index (χ4n) is 2.96. The molecule has 0 fully saturated rings. The van der Waals surface area contributed by atoms with Gasteiger partial charge in [0.25, 0.3) is 0 Å². The Kier molecular flexibility index (Phi) is 6.78. The fourth-order valence-corrected chi connectivity index (χ4v) is 2.96. The summed E-state index contributed by atoms with van der Waals surface area (Å²) in [7, 11) is 0. The van der Waals surface area contributed by atoms with Crippen molar-refractivity contribution in [3.05, 3.63) is 65.7 Å². The van der Waals surface area contributed by atoms with E-state index in [4.69, 9.17) is 9.47 Å². The number of ether oxygens (including phenoxy) is 2. The van der Waals surface area contributed by atoms with Crippen LogP contribution in [-0.2, 0) is 20.9 Å². The van der Waals surface area contributed by atoms with Crippen molar-refractivity contribution in [2.24, 2.45) is 5.10 Å². The Morgan fingerprint density at radius 1 is 1.04 bits per heavy atom. The molecule has 0 radical (unpaired) electrons. The molecule has 2 aromatic rings. The highest BCUT2D eigenvalue weighted by atomic mass is 16.5. The molecule has 6 nitrogen and oxygen atoms in total. The Morgan fingerprint density at radius 2 is 1.79 bits per heavy atom. The molecular weight excluding hydrogens is 356 g/mol. The molecule has 1 amide bonds. The number of amides is 1. The summed E-state index contributed by atoms with van der Waals surface area (Å²) in [5, 5.41) is 5.84. The van der Waals surface area contributed by atoms with Crippen LogP contribution in [0.2, 0.25) is 0 Å². The van der Waals surface area contributed by atoms with E-state index in [1.165, 1.54) is 5.01 Å². The third-order valence-electron chi connectivity index (χ3n) is 4.40. The Labute approximate surface area is 164 Å². The van der Waals surface area contributed by atoms with Crippen LogP contribution >= 0.6 is 0 Å². The molecule has 0 saturated carbocycles. The number of rotatable bonds is 8. The van der Waals surface area contributed by atoms with Gasteiger partial charge in [-0.2, -0.15) is 5.10 Å². The molecule has 0 N–H and O–H groups in total. The highest BCUT2D eigenvalue weighted by Gasteiger charge is 2.22. The standard InChI is InChI=1S/C22H24N2O4/c1-2-27-20-11-7-6-10-18(20)16-28-22(26)13-12-21(25)24-15-14-19(23-24)17-8-4-3-5-9-17/h3-11H,2,12-16H2,1H3. The summed E-state index contributed by atoms with van der Waals surface area (Å²) in [6.45, 7) is 3.11. The lowest BCUT2D eigenvalue weighted by Crippen LogP contribution is -2.24. The molecular formula is C22H24N2O4. The lowest BCUT2D eigenvalue weighted by molar-refractivity contribution is -0.147. The fraction of sp³-hybridized carbons (Fsp3) is 0.318. The second-order valence-electron chi connectivity index (χ2n) is 6.38. The van der Waals surface area contributed by atoms with E-state index < -0.39 is 5.97 Å². The van der Waals surface area contributed by atoms with Crippen LogP contribution in [-0.4, -0.2) is 35.7 Å². The predicted molar refractivity (Wildman–Crippen MR) is 106 cm³/mol. The molecule has 0 unspecified atom stereocenters. The summed E-state index contributed by atoms with van der Waals surface area (Å²) in [5.41, 5.74) is 2.72. The van der Waals surface area contributed by atoms with Crippen LogP contribution in [0.5, 0.6) is 5.75 Å². The van der Waals surface area contributed by atoms with Gasteiger partial charge in [-0.3, -0.25) is 9.59 Å². The minimum atomic E-state index is -0.411. The van der Waals surface area contributed by atoms with Crippen LogP contribution < -0.4 is 4.74 Å². The number of carbonyl (C=O) groups excluding carboxylic acids is 2. The molecule has 1 aliphatic heterocycles. The summed E-state index contributed by atoms with van der Waals surface area (Å²) in [5.74, 6) is 0.123. The predicted octanol–water partition coefficient (Wildman–Crippen LogP) is 3.55. The molecule has 0 aromatic heterocycles. The number of hydrogen-bond acceptors (Lipinski definition) is 5. The summed E-state index contributed by atoms with van der Waals surface area (Å²) >= 11 is 0. The van der Waals surface area contributed by atoms with E-state index in [0.29, 0.717) is 25.3 Å². The zero-order valence-corrected chi connectivity index (χ0v) is 16.0. The topological polar surface area (TPSA) is 68.2 Å².